The molecule has 2 aromatic carbocycles. The highest BCUT2D eigenvalue weighted by Crippen LogP contribution is 2.33. The third-order valence-electron chi connectivity index (χ3n) is 3.11. The molecule has 0 saturated carbocycles. The average molecular weight is 302 g/mol. The summed E-state index contributed by atoms with van der Waals surface area (Å²) in [6, 6.07) is 17.2. The summed E-state index contributed by atoms with van der Waals surface area (Å²) < 4.78 is 0. The van der Waals surface area contributed by atoms with E-state index in [1.54, 1.807) is 0 Å². The summed E-state index contributed by atoms with van der Waals surface area (Å²) in [5.41, 5.74) is 1.94. The Bertz CT molecular complexity index is 800. The standard InChI is InChI=1S/C16H9Cl2NO/c17-15-13(16(18)20)11-8-4-5-9-12(11)14(19-15)10-6-2-1-3-7-10/h1-9H. The fraction of sp³-hybridized carbons (Fsp3) is 0. The molecule has 0 amide bonds. The number of pyridine rings is 1. The van der Waals surface area contributed by atoms with Crippen LogP contribution >= 0.6 is 23.2 Å². The van der Waals surface area contributed by atoms with Gasteiger partial charge >= 0.3 is 0 Å². The van der Waals surface area contributed by atoms with Gasteiger partial charge in [-0.2, -0.15) is 0 Å². The Labute approximate surface area is 126 Å². The van der Waals surface area contributed by atoms with Gasteiger partial charge in [-0.1, -0.05) is 66.2 Å². The van der Waals surface area contributed by atoms with E-state index < -0.39 is 5.24 Å². The summed E-state index contributed by atoms with van der Waals surface area (Å²) in [7, 11) is 0. The maximum Gasteiger partial charge on any atom is 0.256 e. The highest BCUT2D eigenvalue weighted by Gasteiger charge is 2.17. The molecule has 0 saturated heterocycles. The van der Waals surface area contributed by atoms with E-state index in [2.05, 4.69) is 4.98 Å². The van der Waals surface area contributed by atoms with Crippen LogP contribution in [0.25, 0.3) is 22.0 Å². The van der Waals surface area contributed by atoms with Crippen LogP contribution in [-0.2, 0) is 0 Å². The van der Waals surface area contributed by atoms with Crippen LogP contribution in [0.3, 0.4) is 0 Å². The first-order chi connectivity index (χ1) is 9.68. The van der Waals surface area contributed by atoms with Gasteiger partial charge in [0.1, 0.15) is 5.15 Å². The molecule has 0 aliphatic rings. The second-order valence-electron chi connectivity index (χ2n) is 4.31. The third-order valence-corrected chi connectivity index (χ3v) is 3.57. The first-order valence-corrected chi connectivity index (χ1v) is 6.77. The molecular weight excluding hydrogens is 293 g/mol. The largest absolute Gasteiger partial charge is 0.275 e. The predicted molar refractivity (Wildman–Crippen MR) is 82.4 cm³/mol. The van der Waals surface area contributed by atoms with E-state index in [-0.39, 0.29) is 10.7 Å². The van der Waals surface area contributed by atoms with E-state index in [1.807, 2.05) is 54.6 Å². The molecule has 4 heteroatoms. The Hall–Kier alpha value is -1.90. The highest BCUT2D eigenvalue weighted by molar-refractivity contribution is 6.69. The van der Waals surface area contributed by atoms with Crippen molar-refractivity contribution < 1.29 is 4.79 Å². The van der Waals surface area contributed by atoms with E-state index in [1.165, 1.54) is 0 Å². The van der Waals surface area contributed by atoms with Crippen LogP contribution < -0.4 is 0 Å². The Kier molecular flexibility index (Phi) is 3.43. The summed E-state index contributed by atoms with van der Waals surface area (Å²) in [6.45, 7) is 0. The van der Waals surface area contributed by atoms with Gasteiger partial charge in [-0.25, -0.2) is 4.98 Å². The van der Waals surface area contributed by atoms with Gasteiger partial charge in [-0.3, -0.25) is 4.79 Å². The minimum Gasteiger partial charge on any atom is -0.275 e. The summed E-state index contributed by atoms with van der Waals surface area (Å²) in [4.78, 5) is 15.9. The Morgan fingerprint density at radius 3 is 2.15 bits per heavy atom. The molecule has 3 aromatic rings. The number of carbonyl (C=O) groups excluding carboxylic acids is 1. The molecule has 0 aliphatic heterocycles. The van der Waals surface area contributed by atoms with Crippen LogP contribution in [0.1, 0.15) is 10.4 Å². The second-order valence-corrected chi connectivity index (χ2v) is 5.01. The van der Waals surface area contributed by atoms with Gasteiger partial charge in [0.25, 0.3) is 5.24 Å². The molecule has 1 heterocycles. The number of carbonyl (C=O) groups is 1. The van der Waals surface area contributed by atoms with Gasteiger partial charge in [0.05, 0.1) is 11.3 Å². The molecule has 0 unspecified atom stereocenters. The number of fused-ring (bicyclic) bond motifs is 1. The van der Waals surface area contributed by atoms with Gasteiger partial charge in [0, 0.05) is 10.9 Å². The molecule has 98 valence electrons. The molecule has 0 radical (unpaired) electrons. The minimum absolute atomic E-state index is 0.127. The van der Waals surface area contributed by atoms with Crippen molar-refractivity contribution >= 4 is 39.2 Å². The normalized spacial score (nSPS) is 10.7. The van der Waals surface area contributed by atoms with E-state index in [0.717, 1.165) is 16.6 Å². The predicted octanol–water partition coefficient (Wildman–Crippen LogP) is 4.93. The van der Waals surface area contributed by atoms with Crippen LogP contribution in [0, 0.1) is 0 Å². The first-order valence-electron chi connectivity index (χ1n) is 6.02. The van der Waals surface area contributed by atoms with Crippen molar-refractivity contribution in [2.24, 2.45) is 0 Å². The van der Waals surface area contributed by atoms with Gasteiger partial charge in [-0.15, -0.1) is 0 Å². The van der Waals surface area contributed by atoms with E-state index in [4.69, 9.17) is 23.2 Å². The van der Waals surface area contributed by atoms with Crippen LogP contribution in [0.15, 0.2) is 54.6 Å². The van der Waals surface area contributed by atoms with Crippen molar-refractivity contribution in [3.05, 3.63) is 65.3 Å². The quantitative estimate of drug-likeness (QED) is 0.496. The number of aromatic nitrogens is 1. The molecule has 0 spiro atoms. The lowest BCUT2D eigenvalue weighted by Gasteiger charge is -2.10. The van der Waals surface area contributed by atoms with E-state index in [9.17, 15) is 4.79 Å². The molecular formula is C16H9Cl2NO. The monoisotopic (exact) mass is 301 g/mol. The second kappa shape index (κ2) is 5.23. The maximum atomic E-state index is 11.6. The van der Waals surface area contributed by atoms with E-state index in [0.29, 0.717) is 5.39 Å². The Morgan fingerprint density at radius 2 is 1.50 bits per heavy atom. The van der Waals surface area contributed by atoms with Crippen molar-refractivity contribution in [1.82, 2.24) is 4.98 Å². The summed E-state index contributed by atoms with van der Waals surface area (Å²) in [6.07, 6.45) is 0. The highest BCUT2D eigenvalue weighted by atomic mass is 35.5. The lowest BCUT2D eigenvalue weighted by Crippen LogP contribution is -1.98. The first kappa shape index (κ1) is 13.1. The van der Waals surface area contributed by atoms with Crippen molar-refractivity contribution in [3.63, 3.8) is 0 Å². The number of hydrogen-bond donors (Lipinski definition) is 0. The van der Waals surface area contributed by atoms with Crippen LogP contribution in [0.5, 0.6) is 0 Å². The van der Waals surface area contributed by atoms with E-state index >= 15 is 0 Å². The topological polar surface area (TPSA) is 30.0 Å². The molecule has 0 bridgehead atoms. The number of nitrogens with zero attached hydrogens (tertiary/aromatic N) is 1. The lowest BCUT2D eigenvalue weighted by molar-refractivity contribution is 0.108. The smallest absolute Gasteiger partial charge is 0.256 e. The fourth-order valence-corrected chi connectivity index (χ4v) is 2.75. The van der Waals surface area contributed by atoms with Gasteiger partial charge in [-0.05, 0) is 17.0 Å². The van der Waals surface area contributed by atoms with Gasteiger partial charge in [0.2, 0.25) is 0 Å². The third kappa shape index (κ3) is 2.17. The molecule has 0 fully saturated rings. The lowest BCUT2D eigenvalue weighted by atomic mass is 10.0. The molecule has 3 rings (SSSR count). The molecule has 20 heavy (non-hydrogen) atoms. The molecule has 1 aromatic heterocycles. The van der Waals surface area contributed by atoms with Crippen molar-refractivity contribution in [2.45, 2.75) is 0 Å². The number of hydrogen-bond acceptors (Lipinski definition) is 2. The fourth-order valence-electron chi connectivity index (χ4n) is 2.24. The number of halogens is 2. The van der Waals surface area contributed by atoms with Gasteiger partial charge < -0.3 is 0 Å². The van der Waals surface area contributed by atoms with Crippen LogP contribution in [-0.4, -0.2) is 10.2 Å². The SMILES string of the molecule is O=C(Cl)c1c(Cl)nc(-c2ccccc2)c2ccccc12. The van der Waals surface area contributed by atoms with Gasteiger partial charge in [0.15, 0.2) is 0 Å². The summed E-state index contributed by atoms with van der Waals surface area (Å²) in [5, 5.41) is 1.10. The Morgan fingerprint density at radius 1 is 0.900 bits per heavy atom. The summed E-state index contributed by atoms with van der Waals surface area (Å²) in [5.74, 6) is 0. The number of benzene rings is 2. The van der Waals surface area contributed by atoms with Crippen molar-refractivity contribution in [2.75, 3.05) is 0 Å². The summed E-state index contributed by atoms with van der Waals surface area (Å²) >= 11 is 11.8. The molecule has 0 aliphatic carbocycles. The molecule has 0 N–H and O–H groups in total. The van der Waals surface area contributed by atoms with Crippen LogP contribution in [0.2, 0.25) is 5.15 Å². The van der Waals surface area contributed by atoms with Crippen molar-refractivity contribution in [1.29, 1.82) is 0 Å². The van der Waals surface area contributed by atoms with Crippen molar-refractivity contribution in [3.8, 4) is 11.3 Å². The zero-order chi connectivity index (χ0) is 14.1. The minimum atomic E-state index is -0.599. The molecule has 2 nitrogen and oxygen atoms in total. The molecule has 0 atom stereocenters. The zero-order valence-electron chi connectivity index (χ0n) is 10.3. The average Bonchev–Trinajstić information content (AvgIpc) is 2.47. The number of rotatable bonds is 2. The maximum absolute atomic E-state index is 11.6. The zero-order valence-corrected chi connectivity index (χ0v) is 11.8. The Balaban J connectivity index is 2.41. The van der Waals surface area contributed by atoms with Crippen LogP contribution in [0.4, 0.5) is 0 Å².